The van der Waals surface area contributed by atoms with Crippen LogP contribution in [-0.4, -0.2) is 24.6 Å². The number of hydrogen-bond acceptors (Lipinski definition) is 2. The van der Waals surface area contributed by atoms with Crippen molar-refractivity contribution in [2.24, 2.45) is 0 Å². The lowest BCUT2D eigenvalue weighted by Crippen LogP contribution is -1.85. The maximum Gasteiger partial charge on any atom is 0.195 e. The van der Waals surface area contributed by atoms with E-state index in [0.717, 1.165) is 11.3 Å². The second kappa shape index (κ2) is 5.05. The maximum absolute atomic E-state index is 5.79. The molecule has 4 heteroatoms. The highest BCUT2D eigenvalue weighted by molar-refractivity contribution is 6.84. The molecule has 2 nitrogen and oxygen atoms in total. The summed E-state index contributed by atoms with van der Waals surface area (Å²) < 4.78 is 11.0. The molecule has 4 rings (SSSR count). The van der Waals surface area contributed by atoms with Crippen LogP contribution in [0.2, 0.25) is 0 Å². The first kappa shape index (κ1) is 12.7. The van der Waals surface area contributed by atoms with Crippen molar-refractivity contribution in [1.82, 2.24) is 0 Å². The van der Waals surface area contributed by atoms with Crippen LogP contribution in [0.15, 0.2) is 58.7 Å². The van der Waals surface area contributed by atoms with Crippen molar-refractivity contribution in [2.45, 2.75) is 0 Å². The first-order valence-electron chi connectivity index (χ1n) is 6.90. The SMILES string of the molecule is COc1ccc(-c2cccc3c2ccc2o[siH][siH]c23)cc1. The third-order valence-corrected chi connectivity index (χ3v) is 7.17. The standard InChI is InChI=1S/C17H14O2Si2/c1-18-12-7-5-11(6-8-12)13-3-2-4-15-14(13)9-10-16-17(15)20-21-19-16/h2-10,20-21H,1H3. The Hall–Kier alpha value is -2.05. The minimum absolute atomic E-state index is 0.161. The molecule has 0 aliphatic carbocycles. The Morgan fingerprint density at radius 3 is 2.57 bits per heavy atom. The van der Waals surface area contributed by atoms with Crippen LogP contribution in [0.3, 0.4) is 0 Å². The number of ether oxygens (including phenoxy) is 1. The van der Waals surface area contributed by atoms with E-state index in [9.17, 15) is 0 Å². The molecule has 0 saturated carbocycles. The number of rotatable bonds is 2. The van der Waals surface area contributed by atoms with Crippen LogP contribution in [-0.2, 0) is 0 Å². The van der Waals surface area contributed by atoms with Crippen LogP contribution in [0.25, 0.3) is 32.5 Å². The fraction of sp³-hybridized carbons (Fsp3) is 0.0588. The number of fused-ring (bicyclic) bond motifs is 3. The van der Waals surface area contributed by atoms with Gasteiger partial charge in [-0.3, -0.25) is 0 Å². The van der Waals surface area contributed by atoms with Crippen LogP contribution in [0.4, 0.5) is 0 Å². The van der Waals surface area contributed by atoms with Gasteiger partial charge in [0.05, 0.1) is 15.7 Å². The lowest BCUT2D eigenvalue weighted by atomic mass is 9.98. The highest BCUT2D eigenvalue weighted by atomic mass is 28.9. The van der Waals surface area contributed by atoms with Gasteiger partial charge in [0, 0.05) is 5.00 Å². The lowest BCUT2D eigenvalue weighted by molar-refractivity contribution is 0.415. The lowest BCUT2D eigenvalue weighted by Gasteiger charge is -2.08. The zero-order valence-corrected chi connectivity index (χ0v) is 14.0. The fourth-order valence-corrected chi connectivity index (χ4v) is 6.37. The maximum atomic E-state index is 5.79. The summed E-state index contributed by atoms with van der Waals surface area (Å²) in [6, 6.07) is 19.2. The van der Waals surface area contributed by atoms with Crippen molar-refractivity contribution in [3.63, 3.8) is 0 Å². The van der Waals surface area contributed by atoms with E-state index in [1.807, 2.05) is 12.1 Å². The summed E-state index contributed by atoms with van der Waals surface area (Å²) in [5.41, 5.74) is 3.61. The molecule has 0 radical (unpaired) electrons. The third kappa shape index (κ3) is 2.07. The molecule has 4 aromatic rings. The quantitative estimate of drug-likeness (QED) is 0.530. The van der Waals surface area contributed by atoms with E-state index in [4.69, 9.17) is 8.83 Å². The van der Waals surface area contributed by atoms with E-state index in [2.05, 4.69) is 42.5 Å². The Bertz CT molecular complexity index is 926. The molecule has 21 heavy (non-hydrogen) atoms. The van der Waals surface area contributed by atoms with E-state index in [1.54, 1.807) is 7.11 Å². The van der Waals surface area contributed by atoms with Gasteiger partial charge in [-0.05, 0) is 40.1 Å². The van der Waals surface area contributed by atoms with Gasteiger partial charge in [0.25, 0.3) is 0 Å². The molecule has 0 aliphatic heterocycles. The van der Waals surface area contributed by atoms with Crippen LogP contribution >= 0.6 is 0 Å². The summed E-state index contributed by atoms with van der Waals surface area (Å²) in [6.45, 7) is 0. The van der Waals surface area contributed by atoms with Crippen LogP contribution in [0.1, 0.15) is 0 Å². The molecule has 0 amide bonds. The smallest absolute Gasteiger partial charge is 0.195 e. The summed E-state index contributed by atoms with van der Waals surface area (Å²) in [7, 11) is 2.17. The van der Waals surface area contributed by atoms with Crippen molar-refractivity contribution in [3.8, 4) is 16.9 Å². The van der Waals surface area contributed by atoms with Gasteiger partial charge < -0.3 is 8.83 Å². The van der Waals surface area contributed by atoms with Gasteiger partial charge in [-0.1, -0.05) is 36.4 Å². The van der Waals surface area contributed by atoms with Crippen molar-refractivity contribution in [1.29, 1.82) is 0 Å². The van der Waals surface area contributed by atoms with Gasteiger partial charge in [0.1, 0.15) is 11.3 Å². The molecule has 0 bridgehead atoms. The highest BCUT2D eigenvalue weighted by Gasteiger charge is 2.07. The number of methoxy groups -OCH3 is 1. The average Bonchev–Trinajstić information content (AvgIpc) is 3.03. The zero-order valence-electron chi connectivity index (χ0n) is 11.7. The van der Waals surface area contributed by atoms with Crippen LogP contribution in [0.5, 0.6) is 5.75 Å². The molecule has 0 aliphatic rings. The monoisotopic (exact) mass is 306 g/mol. The van der Waals surface area contributed by atoms with E-state index in [-0.39, 0.29) is 8.88 Å². The van der Waals surface area contributed by atoms with E-state index in [1.165, 1.54) is 26.9 Å². The average molecular weight is 306 g/mol. The van der Waals surface area contributed by atoms with E-state index >= 15 is 0 Å². The molecule has 1 heterocycles. The first-order valence-corrected chi connectivity index (χ1v) is 10.6. The molecule has 3 aromatic carbocycles. The van der Waals surface area contributed by atoms with Crippen molar-refractivity contribution < 1.29 is 8.83 Å². The molecule has 102 valence electrons. The summed E-state index contributed by atoms with van der Waals surface area (Å²) in [5, 5.41) is 2.68. The summed E-state index contributed by atoms with van der Waals surface area (Å²) >= 11 is 0. The number of benzene rings is 3. The molecule has 0 atom stereocenters. The Labute approximate surface area is 126 Å². The molecule has 0 saturated heterocycles. The van der Waals surface area contributed by atoms with E-state index in [0.29, 0.717) is 8.62 Å². The minimum Gasteiger partial charge on any atom is -0.525 e. The highest BCUT2D eigenvalue weighted by Crippen LogP contribution is 2.32. The van der Waals surface area contributed by atoms with Crippen molar-refractivity contribution >= 4 is 38.9 Å². The summed E-state index contributed by atoms with van der Waals surface area (Å²) in [4.78, 5) is 1.46. The molecule has 0 unspecified atom stereocenters. The minimum atomic E-state index is 0.161. The second-order valence-electron chi connectivity index (χ2n) is 5.03. The second-order valence-corrected chi connectivity index (χ2v) is 8.26. The van der Waals surface area contributed by atoms with Gasteiger partial charge in [0.2, 0.25) is 0 Å². The van der Waals surface area contributed by atoms with Crippen molar-refractivity contribution in [2.75, 3.05) is 7.11 Å². The molecule has 0 spiro atoms. The molecular weight excluding hydrogens is 292 g/mol. The largest absolute Gasteiger partial charge is 0.525 e. The topological polar surface area (TPSA) is 22.4 Å². The normalized spacial score (nSPS) is 11.1. The third-order valence-electron chi connectivity index (χ3n) is 3.89. The summed E-state index contributed by atoms with van der Waals surface area (Å²) in [6.07, 6.45) is 0. The van der Waals surface area contributed by atoms with Gasteiger partial charge in [-0.25, -0.2) is 0 Å². The predicted octanol–water partition coefficient (Wildman–Crippen LogP) is 3.40. The van der Waals surface area contributed by atoms with Gasteiger partial charge in [-0.15, -0.1) is 0 Å². The van der Waals surface area contributed by atoms with Gasteiger partial charge in [0.15, 0.2) is 8.88 Å². The Balaban J connectivity index is 1.99. The Morgan fingerprint density at radius 2 is 1.76 bits per heavy atom. The first-order chi connectivity index (χ1) is 10.4. The summed E-state index contributed by atoms with van der Waals surface area (Å²) in [5.74, 6) is 0.890. The zero-order chi connectivity index (χ0) is 14.2. The molecule has 0 N–H and O–H groups in total. The Kier molecular flexibility index (Phi) is 3.05. The van der Waals surface area contributed by atoms with Gasteiger partial charge in [-0.2, -0.15) is 0 Å². The molecule has 1 aromatic heterocycles. The number of hydrogen-bond donors (Lipinski definition) is 0. The van der Waals surface area contributed by atoms with Crippen molar-refractivity contribution in [3.05, 3.63) is 54.6 Å². The fourth-order valence-electron chi connectivity index (χ4n) is 2.83. The Morgan fingerprint density at radius 1 is 0.905 bits per heavy atom. The van der Waals surface area contributed by atoms with Crippen LogP contribution in [0, 0.1) is 0 Å². The predicted molar refractivity (Wildman–Crippen MR) is 91.2 cm³/mol. The van der Waals surface area contributed by atoms with E-state index < -0.39 is 0 Å². The molecular formula is C17H14O2Si2. The molecule has 0 fully saturated rings. The van der Waals surface area contributed by atoms with Gasteiger partial charge >= 0.3 is 0 Å². The van der Waals surface area contributed by atoms with Crippen LogP contribution < -0.4 is 4.74 Å².